The number of hydrogen-bond acceptors (Lipinski definition) is 3. The number of nitrogens with one attached hydrogen (secondary N) is 2. The molecule has 6 heteroatoms. The minimum absolute atomic E-state index is 0.0594. The largest absolute Gasteiger partial charge is 0.332 e. The molecule has 2 aromatic rings. The van der Waals surface area contributed by atoms with Crippen molar-refractivity contribution in [2.45, 2.75) is 13.0 Å². The molecule has 0 aliphatic carbocycles. The molecule has 3 heterocycles. The van der Waals surface area contributed by atoms with E-state index in [0.717, 1.165) is 11.3 Å². The Bertz CT molecular complexity index is 629. The van der Waals surface area contributed by atoms with Gasteiger partial charge in [0.15, 0.2) is 0 Å². The summed E-state index contributed by atoms with van der Waals surface area (Å²) in [5.41, 5.74) is 2.03. The quantitative estimate of drug-likeness (QED) is 0.756. The number of carbonyl (C=O) groups is 1. The van der Waals surface area contributed by atoms with Crippen LogP contribution in [0, 0.1) is 0 Å². The van der Waals surface area contributed by atoms with Crippen molar-refractivity contribution in [3.8, 4) is 0 Å². The highest BCUT2D eigenvalue weighted by molar-refractivity contribution is 5.93. The van der Waals surface area contributed by atoms with Crippen LogP contribution in [-0.2, 0) is 13.0 Å². The molecule has 0 radical (unpaired) electrons. The molecule has 2 N–H and O–H groups in total. The lowest BCUT2D eigenvalue weighted by molar-refractivity contribution is 0.0732. The molecule has 1 amide bonds. The fraction of sp³-hybridized carbons (Fsp3) is 0.250. The lowest BCUT2D eigenvalue weighted by Gasteiger charge is -2.26. The van der Waals surface area contributed by atoms with Gasteiger partial charge in [0.05, 0.1) is 17.8 Å². The Morgan fingerprint density at radius 2 is 2.28 bits per heavy atom. The van der Waals surface area contributed by atoms with Gasteiger partial charge < -0.3 is 10.00 Å². The van der Waals surface area contributed by atoms with E-state index in [0.29, 0.717) is 25.1 Å². The molecule has 0 atom stereocenters. The van der Waals surface area contributed by atoms with Gasteiger partial charge in [-0.15, -0.1) is 0 Å². The summed E-state index contributed by atoms with van der Waals surface area (Å²) in [4.78, 5) is 29.3. The summed E-state index contributed by atoms with van der Waals surface area (Å²) < 4.78 is 0. The average Bonchev–Trinajstić information content (AvgIpc) is 2.80. The molecule has 0 fully saturated rings. The van der Waals surface area contributed by atoms with Crippen molar-refractivity contribution in [1.82, 2.24) is 20.1 Å². The lowest BCUT2D eigenvalue weighted by atomic mass is 10.1. The molecule has 0 saturated heterocycles. The molecule has 0 aromatic carbocycles. The van der Waals surface area contributed by atoms with Crippen molar-refractivity contribution < 1.29 is 4.79 Å². The molecule has 1 aliphatic heterocycles. The van der Waals surface area contributed by atoms with Gasteiger partial charge in [0.25, 0.3) is 11.5 Å². The van der Waals surface area contributed by atoms with Crippen LogP contribution in [-0.4, -0.2) is 32.5 Å². The summed E-state index contributed by atoms with van der Waals surface area (Å²) in [6, 6.07) is 3.48. The molecule has 18 heavy (non-hydrogen) atoms. The monoisotopic (exact) mass is 244 g/mol. The van der Waals surface area contributed by atoms with Crippen molar-refractivity contribution in [3.05, 3.63) is 51.7 Å². The topological polar surface area (TPSA) is 81.8 Å². The minimum atomic E-state index is -0.0847. The molecule has 0 bridgehead atoms. The third-order valence-corrected chi connectivity index (χ3v) is 3.14. The van der Waals surface area contributed by atoms with E-state index in [9.17, 15) is 9.59 Å². The molecule has 92 valence electrons. The second kappa shape index (κ2) is 4.14. The Hall–Kier alpha value is -2.37. The number of H-pyrrole nitrogens is 2. The number of carbonyl (C=O) groups excluding carboxylic acids is 1. The Labute approximate surface area is 103 Å². The summed E-state index contributed by atoms with van der Waals surface area (Å²) in [6.07, 6.45) is 3.77. The molecule has 0 saturated carbocycles. The van der Waals surface area contributed by atoms with E-state index in [2.05, 4.69) is 15.2 Å². The van der Waals surface area contributed by atoms with Gasteiger partial charge in [-0.1, -0.05) is 0 Å². The number of pyridine rings is 1. The van der Waals surface area contributed by atoms with Gasteiger partial charge in [0.1, 0.15) is 0 Å². The highest BCUT2D eigenvalue weighted by atomic mass is 16.2. The molecular formula is C12H12N4O2. The van der Waals surface area contributed by atoms with Crippen LogP contribution in [0.4, 0.5) is 0 Å². The number of aromatic amines is 2. The first kappa shape index (κ1) is 10.8. The highest BCUT2D eigenvalue weighted by Gasteiger charge is 2.24. The summed E-state index contributed by atoms with van der Waals surface area (Å²) in [5, 5.41) is 5.36. The standard InChI is InChI=1S/C12H12N4O2/c17-11-9-3-5-16(7-10(9)14-15-11)12(18)8-2-1-4-13-6-8/h1-2,4,6H,3,5,7H2,(H2,14,15,17). The Kier molecular flexibility index (Phi) is 2.47. The van der Waals surface area contributed by atoms with Crippen LogP contribution < -0.4 is 5.56 Å². The van der Waals surface area contributed by atoms with Crippen molar-refractivity contribution >= 4 is 5.91 Å². The predicted octanol–water partition coefficient (Wildman–Crippen LogP) is 0.296. The zero-order valence-corrected chi connectivity index (χ0v) is 9.64. The van der Waals surface area contributed by atoms with Crippen LogP contribution in [0.15, 0.2) is 29.3 Å². The fourth-order valence-electron chi connectivity index (χ4n) is 2.18. The van der Waals surface area contributed by atoms with E-state index in [1.807, 2.05) is 0 Å². The number of amides is 1. The van der Waals surface area contributed by atoms with Crippen LogP contribution in [0.3, 0.4) is 0 Å². The molecule has 2 aromatic heterocycles. The number of fused-ring (bicyclic) bond motifs is 1. The number of hydrogen-bond donors (Lipinski definition) is 2. The Morgan fingerprint density at radius 3 is 3.06 bits per heavy atom. The summed E-state index contributed by atoms with van der Waals surface area (Å²) in [6.45, 7) is 0.990. The molecule has 1 aliphatic rings. The predicted molar refractivity (Wildman–Crippen MR) is 64.1 cm³/mol. The molecule has 0 unspecified atom stereocenters. The van der Waals surface area contributed by atoms with Crippen molar-refractivity contribution in [3.63, 3.8) is 0 Å². The third kappa shape index (κ3) is 1.71. The number of rotatable bonds is 1. The van der Waals surface area contributed by atoms with E-state index in [1.54, 1.807) is 29.4 Å². The van der Waals surface area contributed by atoms with E-state index in [-0.39, 0.29) is 11.5 Å². The first-order valence-electron chi connectivity index (χ1n) is 5.73. The van der Waals surface area contributed by atoms with Gasteiger partial charge in [-0.3, -0.25) is 19.7 Å². The van der Waals surface area contributed by atoms with Crippen LogP contribution in [0.2, 0.25) is 0 Å². The zero-order chi connectivity index (χ0) is 12.5. The van der Waals surface area contributed by atoms with Crippen molar-refractivity contribution in [2.24, 2.45) is 0 Å². The van der Waals surface area contributed by atoms with Crippen LogP contribution >= 0.6 is 0 Å². The average molecular weight is 244 g/mol. The van der Waals surface area contributed by atoms with E-state index in [4.69, 9.17) is 0 Å². The van der Waals surface area contributed by atoms with Crippen LogP contribution in [0.25, 0.3) is 0 Å². The second-order valence-electron chi connectivity index (χ2n) is 4.25. The normalized spacial score (nSPS) is 14.3. The van der Waals surface area contributed by atoms with Gasteiger partial charge in [-0.2, -0.15) is 0 Å². The number of aromatic nitrogens is 3. The van der Waals surface area contributed by atoms with Crippen LogP contribution in [0.1, 0.15) is 21.6 Å². The minimum Gasteiger partial charge on any atom is -0.332 e. The van der Waals surface area contributed by atoms with Gasteiger partial charge >= 0.3 is 0 Å². The fourth-order valence-corrected chi connectivity index (χ4v) is 2.18. The number of nitrogens with zero attached hydrogens (tertiary/aromatic N) is 2. The first-order valence-corrected chi connectivity index (χ1v) is 5.73. The smallest absolute Gasteiger partial charge is 0.267 e. The molecule has 6 nitrogen and oxygen atoms in total. The van der Waals surface area contributed by atoms with Gasteiger partial charge in [-0.05, 0) is 18.6 Å². The lowest BCUT2D eigenvalue weighted by Crippen LogP contribution is -2.36. The Morgan fingerprint density at radius 1 is 1.39 bits per heavy atom. The highest BCUT2D eigenvalue weighted by Crippen LogP contribution is 2.15. The van der Waals surface area contributed by atoms with E-state index >= 15 is 0 Å². The summed E-state index contributed by atoms with van der Waals surface area (Å²) in [5.74, 6) is -0.0594. The van der Waals surface area contributed by atoms with Crippen molar-refractivity contribution in [1.29, 1.82) is 0 Å². The van der Waals surface area contributed by atoms with Gasteiger partial charge in [0.2, 0.25) is 0 Å². The van der Waals surface area contributed by atoms with Crippen LogP contribution in [0.5, 0.6) is 0 Å². The summed E-state index contributed by atoms with van der Waals surface area (Å²) >= 11 is 0. The van der Waals surface area contributed by atoms with Gasteiger partial charge in [-0.25, -0.2) is 0 Å². The maximum Gasteiger partial charge on any atom is 0.267 e. The molecular weight excluding hydrogens is 232 g/mol. The Balaban J connectivity index is 1.84. The van der Waals surface area contributed by atoms with Gasteiger partial charge in [0, 0.05) is 24.5 Å². The maximum atomic E-state index is 12.2. The molecule has 3 rings (SSSR count). The molecule has 0 spiro atoms. The summed E-state index contributed by atoms with van der Waals surface area (Å²) in [7, 11) is 0. The second-order valence-corrected chi connectivity index (χ2v) is 4.25. The van der Waals surface area contributed by atoms with E-state index in [1.165, 1.54) is 0 Å². The maximum absolute atomic E-state index is 12.2. The SMILES string of the molecule is O=C(c1cccnc1)N1CCc2c([nH][nH]c2=O)C1. The van der Waals surface area contributed by atoms with E-state index < -0.39 is 0 Å². The third-order valence-electron chi connectivity index (χ3n) is 3.14. The van der Waals surface area contributed by atoms with Crippen molar-refractivity contribution in [2.75, 3.05) is 6.54 Å². The first-order chi connectivity index (χ1) is 8.75. The zero-order valence-electron chi connectivity index (χ0n) is 9.64.